The Morgan fingerprint density at radius 3 is 2.66 bits per heavy atom. The van der Waals surface area contributed by atoms with Crippen LogP contribution in [-0.2, 0) is 5.60 Å². The molecule has 0 saturated heterocycles. The lowest BCUT2D eigenvalue weighted by molar-refractivity contribution is 0.0794. The van der Waals surface area contributed by atoms with Gasteiger partial charge in [0.1, 0.15) is 5.69 Å². The number of fused-ring (bicyclic) bond motifs is 2. The van der Waals surface area contributed by atoms with Gasteiger partial charge in [-0.1, -0.05) is 0 Å². The molecule has 4 rings (SSSR count). The second-order valence-corrected chi connectivity index (χ2v) is 6.99. The second-order valence-electron chi connectivity index (χ2n) is 6.99. The van der Waals surface area contributed by atoms with Crippen LogP contribution < -0.4 is 11.1 Å². The lowest BCUT2D eigenvalue weighted by Crippen LogP contribution is -2.17. The number of hydrogen-bond acceptors (Lipinski definition) is 6. The van der Waals surface area contributed by atoms with Crippen LogP contribution in [0.25, 0.3) is 16.4 Å². The standard InChI is InChI=1S/C11H15N3O.C9H7N3O2/c1-11(2,15)8-5-9-7(6-13-14-9)4-10(8)12-3;10-9(14)6-3-7-1-2-8(5-13)12(7)11-4-6/h4-6,12,15H,1-3H3,(H,13,14);1-5H,(H2,10,14). The van der Waals surface area contributed by atoms with E-state index in [1.807, 2.05) is 19.2 Å². The Morgan fingerprint density at radius 2 is 2.03 bits per heavy atom. The van der Waals surface area contributed by atoms with Crippen LogP contribution in [0.4, 0.5) is 5.69 Å². The molecular formula is C20H22N6O3. The zero-order chi connectivity index (χ0) is 21.2. The summed E-state index contributed by atoms with van der Waals surface area (Å²) < 4.78 is 1.44. The van der Waals surface area contributed by atoms with Crippen LogP contribution in [0.5, 0.6) is 0 Å². The fourth-order valence-electron chi connectivity index (χ4n) is 2.95. The zero-order valence-corrected chi connectivity index (χ0v) is 16.3. The molecule has 0 bridgehead atoms. The topological polar surface area (TPSA) is 138 Å². The zero-order valence-electron chi connectivity index (χ0n) is 16.3. The molecular weight excluding hydrogens is 372 g/mol. The van der Waals surface area contributed by atoms with Gasteiger partial charge in [-0.2, -0.15) is 10.2 Å². The Balaban J connectivity index is 0.000000166. The van der Waals surface area contributed by atoms with Crippen LogP contribution in [0, 0.1) is 0 Å². The molecule has 0 atom stereocenters. The van der Waals surface area contributed by atoms with E-state index in [0.717, 1.165) is 22.2 Å². The van der Waals surface area contributed by atoms with Gasteiger partial charge in [-0.3, -0.25) is 14.7 Å². The van der Waals surface area contributed by atoms with Gasteiger partial charge in [-0.25, -0.2) is 4.52 Å². The van der Waals surface area contributed by atoms with Crippen molar-refractivity contribution in [3.63, 3.8) is 0 Å². The summed E-state index contributed by atoms with van der Waals surface area (Å²) in [7, 11) is 1.84. The average Bonchev–Trinajstić information content (AvgIpc) is 3.32. The number of aromatic amines is 1. The number of nitrogens with one attached hydrogen (secondary N) is 2. The molecule has 0 aliphatic rings. The van der Waals surface area contributed by atoms with Crippen LogP contribution in [0.15, 0.2) is 42.7 Å². The van der Waals surface area contributed by atoms with Crippen LogP contribution >= 0.6 is 0 Å². The number of hydrogen-bond donors (Lipinski definition) is 4. The van der Waals surface area contributed by atoms with Crippen LogP contribution in [-0.4, -0.2) is 44.2 Å². The Hall–Kier alpha value is -3.72. The third kappa shape index (κ3) is 4.09. The lowest BCUT2D eigenvalue weighted by Gasteiger charge is -2.21. The molecule has 0 unspecified atom stereocenters. The molecule has 9 nitrogen and oxygen atoms in total. The molecule has 29 heavy (non-hydrogen) atoms. The first-order valence-electron chi connectivity index (χ1n) is 8.85. The number of H-pyrrole nitrogens is 1. The molecule has 4 aromatic rings. The number of nitrogens with two attached hydrogens (primary N) is 1. The van der Waals surface area contributed by atoms with Crippen molar-refractivity contribution >= 4 is 34.3 Å². The number of carbonyl (C=O) groups excluding carboxylic acids is 2. The number of rotatable bonds is 4. The Bertz CT molecular complexity index is 1190. The van der Waals surface area contributed by atoms with Gasteiger partial charge in [-0.15, -0.1) is 0 Å². The molecule has 0 saturated carbocycles. The van der Waals surface area contributed by atoms with Gasteiger partial charge in [-0.05, 0) is 44.2 Å². The average molecular weight is 394 g/mol. The van der Waals surface area contributed by atoms with Crippen molar-refractivity contribution in [3.8, 4) is 0 Å². The number of nitrogens with zero attached hydrogens (tertiary/aromatic N) is 3. The maximum Gasteiger partial charge on any atom is 0.250 e. The first-order valence-corrected chi connectivity index (χ1v) is 8.85. The molecule has 0 fully saturated rings. The van der Waals surface area contributed by atoms with Crippen molar-refractivity contribution in [2.24, 2.45) is 5.73 Å². The number of primary amides is 1. The predicted molar refractivity (Wildman–Crippen MR) is 110 cm³/mol. The summed E-state index contributed by atoms with van der Waals surface area (Å²) in [5.74, 6) is -0.533. The van der Waals surface area contributed by atoms with Crippen LogP contribution in [0.3, 0.4) is 0 Å². The highest BCUT2D eigenvalue weighted by atomic mass is 16.3. The first-order chi connectivity index (χ1) is 13.7. The number of benzene rings is 1. The molecule has 3 heterocycles. The van der Waals surface area contributed by atoms with E-state index in [4.69, 9.17) is 5.73 Å². The summed E-state index contributed by atoms with van der Waals surface area (Å²) in [6, 6.07) is 8.81. The van der Waals surface area contributed by atoms with Crippen molar-refractivity contribution in [3.05, 3.63) is 59.5 Å². The fourth-order valence-corrected chi connectivity index (χ4v) is 2.95. The van der Waals surface area contributed by atoms with E-state index in [0.29, 0.717) is 23.1 Å². The normalized spacial score (nSPS) is 11.2. The van der Waals surface area contributed by atoms with E-state index in [1.165, 1.54) is 10.7 Å². The molecule has 0 radical (unpaired) electrons. The number of amides is 1. The van der Waals surface area contributed by atoms with Crippen molar-refractivity contribution in [2.75, 3.05) is 12.4 Å². The lowest BCUT2D eigenvalue weighted by atomic mass is 9.95. The number of aromatic nitrogens is 4. The van der Waals surface area contributed by atoms with Gasteiger partial charge in [0.2, 0.25) is 5.91 Å². The third-order valence-electron chi connectivity index (χ3n) is 4.44. The highest BCUT2D eigenvalue weighted by Crippen LogP contribution is 2.30. The summed E-state index contributed by atoms with van der Waals surface area (Å²) in [6.45, 7) is 3.54. The quantitative estimate of drug-likeness (QED) is 0.391. The number of anilines is 1. The molecule has 0 aliphatic heterocycles. The molecule has 3 aromatic heterocycles. The van der Waals surface area contributed by atoms with E-state index in [1.54, 1.807) is 38.2 Å². The minimum absolute atomic E-state index is 0.327. The number of aldehydes is 1. The Kier molecular flexibility index (Phi) is 5.33. The van der Waals surface area contributed by atoms with E-state index in [-0.39, 0.29) is 0 Å². The van der Waals surface area contributed by atoms with E-state index in [9.17, 15) is 14.7 Å². The smallest absolute Gasteiger partial charge is 0.250 e. The molecule has 1 amide bonds. The van der Waals surface area contributed by atoms with Gasteiger partial charge in [0, 0.05) is 23.7 Å². The maximum atomic E-state index is 10.8. The summed E-state index contributed by atoms with van der Waals surface area (Å²) in [5.41, 5.74) is 8.39. The highest BCUT2D eigenvalue weighted by molar-refractivity contribution is 5.93. The summed E-state index contributed by atoms with van der Waals surface area (Å²) >= 11 is 0. The second kappa shape index (κ2) is 7.72. The van der Waals surface area contributed by atoms with E-state index < -0.39 is 11.5 Å². The Morgan fingerprint density at radius 1 is 1.28 bits per heavy atom. The minimum atomic E-state index is -0.863. The van der Waals surface area contributed by atoms with Crippen LogP contribution in [0.2, 0.25) is 0 Å². The van der Waals surface area contributed by atoms with Crippen molar-refractivity contribution in [1.29, 1.82) is 0 Å². The van der Waals surface area contributed by atoms with Gasteiger partial charge in [0.15, 0.2) is 6.29 Å². The monoisotopic (exact) mass is 394 g/mol. The third-order valence-corrected chi connectivity index (χ3v) is 4.44. The van der Waals surface area contributed by atoms with Crippen LogP contribution in [0.1, 0.15) is 40.3 Å². The number of aliphatic hydroxyl groups is 1. The molecule has 1 aromatic carbocycles. The van der Waals surface area contributed by atoms with Gasteiger partial charge in [0.25, 0.3) is 0 Å². The van der Waals surface area contributed by atoms with Gasteiger partial charge < -0.3 is 16.2 Å². The van der Waals surface area contributed by atoms with Crippen molar-refractivity contribution in [1.82, 2.24) is 19.8 Å². The number of carbonyl (C=O) groups is 2. The van der Waals surface area contributed by atoms with Gasteiger partial charge in [0.05, 0.1) is 34.6 Å². The largest absolute Gasteiger partial charge is 0.388 e. The van der Waals surface area contributed by atoms with E-state index >= 15 is 0 Å². The minimum Gasteiger partial charge on any atom is -0.388 e. The fraction of sp³-hybridized carbons (Fsp3) is 0.200. The summed E-state index contributed by atoms with van der Waals surface area (Å²) in [4.78, 5) is 21.4. The first kappa shape index (κ1) is 20.0. The van der Waals surface area contributed by atoms with E-state index in [2.05, 4.69) is 20.6 Å². The van der Waals surface area contributed by atoms with Crippen molar-refractivity contribution < 1.29 is 14.7 Å². The highest BCUT2D eigenvalue weighted by Gasteiger charge is 2.20. The molecule has 0 spiro atoms. The summed E-state index contributed by atoms with van der Waals surface area (Å²) in [5, 5.41) is 24.9. The molecule has 0 aliphatic carbocycles. The predicted octanol–water partition coefficient (Wildman–Crippen LogP) is 2.08. The summed E-state index contributed by atoms with van der Waals surface area (Å²) in [6.07, 6.45) is 3.80. The SMILES string of the molecule is CNc1cc2cn[nH]c2cc1C(C)(C)O.NC(=O)c1cnn2c(C=O)ccc2c1. The molecule has 150 valence electrons. The molecule has 5 N–H and O–H groups in total. The van der Waals surface area contributed by atoms with Crippen molar-refractivity contribution in [2.45, 2.75) is 19.4 Å². The van der Waals surface area contributed by atoms with Gasteiger partial charge >= 0.3 is 0 Å². The maximum absolute atomic E-state index is 10.8. The Labute approximate surface area is 166 Å². The molecule has 9 heteroatoms.